The van der Waals surface area contributed by atoms with Crippen LogP contribution >= 0.6 is 15.9 Å². The molecule has 29 heavy (non-hydrogen) atoms. The second-order valence-electron chi connectivity index (χ2n) is 9.42. The first-order chi connectivity index (χ1) is 14.1. The summed E-state index contributed by atoms with van der Waals surface area (Å²) in [5.74, 6) is 4.45. The van der Waals surface area contributed by atoms with Crippen LogP contribution in [0.15, 0.2) is 46.9 Å². The van der Waals surface area contributed by atoms with Crippen LogP contribution in [0, 0.1) is 17.8 Å². The lowest BCUT2D eigenvalue weighted by Crippen LogP contribution is -2.58. The topological polar surface area (TPSA) is 30.5 Å². The molecular weight excluding hydrogens is 426 g/mol. The fourth-order valence-electron chi connectivity index (χ4n) is 6.33. The molecule has 2 aromatic carbocycles. The van der Waals surface area contributed by atoms with E-state index in [0.29, 0.717) is 12.1 Å². The maximum atomic E-state index is 6.05. The Hall–Kier alpha value is -1.52. The van der Waals surface area contributed by atoms with Crippen LogP contribution in [-0.4, -0.2) is 12.6 Å². The summed E-state index contributed by atoms with van der Waals surface area (Å²) in [5.41, 5.74) is 2.76. The van der Waals surface area contributed by atoms with Gasteiger partial charge in [-0.1, -0.05) is 46.3 Å². The van der Waals surface area contributed by atoms with E-state index in [1.165, 1.54) is 44.1 Å². The van der Waals surface area contributed by atoms with Crippen LogP contribution in [0.4, 0.5) is 0 Å². The third-order valence-electron chi connectivity index (χ3n) is 7.26. The first-order valence-corrected chi connectivity index (χ1v) is 11.7. The Labute approximate surface area is 182 Å². The number of benzene rings is 2. The number of hydrogen-bond acceptors (Lipinski definition) is 3. The van der Waals surface area contributed by atoms with Gasteiger partial charge in [-0.15, -0.1) is 0 Å². The van der Waals surface area contributed by atoms with Crippen LogP contribution in [0.1, 0.15) is 49.7 Å². The maximum absolute atomic E-state index is 6.05. The molecule has 0 atom stereocenters. The standard InChI is InChI=1S/C25H30BrNO2/c1-28-23-10-21(22(26)11-24(23)29-16-17-5-3-2-4-6-17)15-27-25-12-18-7-19(13-25)9-20(8-18)14-25/h2-6,10-11,18-20,27H,7-9,12-16H2,1H3. The largest absolute Gasteiger partial charge is 0.493 e. The maximum Gasteiger partial charge on any atom is 0.162 e. The van der Waals surface area contributed by atoms with E-state index in [1.807, 2.05) is 18.2 Å². The monoisotopic (exact) mass is 455 g/mol. The zero-order valence-electron chi connectivity index (χ0n) is 17.1. The Morgan fingerprint density at radius 2 is 1.62 bits per heavy atom. The third kappa shape index (κ3) is 4.06. The summed E-state index contributed by atoms with van der Waals surface area (Å²) >= 11 is 3.77. The van der Waals surface area contributed by atoms with Gasteiger partial charge >= 0.3 is 0 Å². The molecule has 0 saturated heterocycles. The Bertz CT molecular complexity index is 831. The quantitative estimate of drug-likeness (QED) is 0.547. The minimum atomic E-state index is 0.365. The molecule has 4 bridgehead atoms. The fourth-order valence-corrected chi connectivity index (χ4v) is 6.79. The van der Waals surface area contributed by atoms with E-state index in [0.717, 1.165) is 45.8 Å². The van der Waals surface area contributed by atoms with E-state index >= 15 is 0 Å². The predicted octanol–water partition coefficient (Wildman–Crippen LogP) is 6.10. The highest BCUT2D eigenvalue weighted by atomic mass is 79.9. The van der Waals surface area contributed by atoms with Crippen molar-refractivity contribution in [3.05, 3.63) is 58.1 Å². The predicted molar refractivity (Wildman–Crippen MR) is 119 cm³/mol. The highest BCUT2D eigenvalue weighted by Crippen LogP contribution is 2.55. The van der Waals surface area contributed by atoms with Crippen LogP contribution in [0.5, 0.6) is 11.5 Å². The summed E-state index contributed by atoms with van der Waals surface area (Å²) in [7, 11) is 1.72. The molecule has 4 heteroatoms. The molecule has 0 unspecified atom stereocenters. The molecule has 0 aliphatic heterocycles. The number of methoxy groups -OCH3 is 1. The van der Waals surface area contributed by atoms with E-state index in [1.54, 1.807) is 7.11 Å². The van der Waals surface area contributed by atoms with Crippen molar-refractivity contribution in [2.45, 2.75) is 57.2 Å². The van der Waals surface area contributed by atoms with Crippen molar-refractivity contribution < 1.29 is 9.47 Å². The molecule has 4 aliphatic carbocycles. The van der Waals surface area contributed by atoms with Crippen molar-refractivity contribution in [1.82, 2.24) is 5.32 Å². The van der Waals surface area contributed by atoms with Gasteiger partial charge in [0, 0.05) is 16.6 Å². The van der Waals surface area contributed by atoms with E-state index in [-0.39, 0.29) is 0 Å². The van der Waals surface area contributed by atoms with Crippen LogP contribution in [0.2, 0.25) is 0 Å². The molecule has 4 fully saturated rings. The summed E-state index contributed by atoms with van der Waals surface area (Å²) in [6.45, 7) is 1.41. The molecule has 2 aromatic rings. The fraction of sp³-hybridized carbons (Fsp3) is 0.520. The molecule has 0 heterocycles. The zero-order chi connectivity index (χ0) is 19.8. The van der Waals surface area contributed by atoms with Crippen molar-refractivity contribution in [2.75, 3.05) is 7.11 Å². The summed E-state index contributed by atoms with van der Waals surface area (Å²) in [6, 6.07) is 14.4. The average Bonchev–Trinajstić information content (AvgIpc) is 2.71. The number of hydrogen-bond donors (Lipinski definition) is 1. The van der Waals surface area contributed by atoms with Gasteiger partial charge in [0.25, 0.3) is 0 Å². The number of halogens is 1. The van der Waals surface area contributed by atoms with Gasteiger partial charge in [-0.2, -0.15) is 0 Å². The third-order valence-corrected chi connectivity index (χ3v) is 8.00. The lowest BCUT2D eigenvalue weighted by Gasteiger charge is -2.57. The van der Waals surface area contributed by atoms with Crippen molar-refractivity contribution in [3.63, 3.8) is 0 Å². The average molecular weight is 456 g/mol. The zero-order valence-corrected chi connectivity index (χ0v) is 18.7. The molecule has 0 amide bonds. The normalized spacial score (nSPS) is 29.8. The summed E-state index contributed by atoms with van der Waals surface area (Å²) in [6.07, 6.45) is 8.54. The van der Waals surface area contributed by atoms with E-state index in [2.05, 4.69) is 45.5 Å². The van der Waals surface area contributed by atoms with E-state index < -0.39 is 0 Å². The number of nitrogens with one attached hydrogen (secondary N) is 1. The minimum Gasteiger partial charge on any atom is -0.493 e. The first kappa shape index (κ1) is 19.4. The van der Waals surface area contributed by atoms with Crippen LogP contribution in [0.3, 0.4) is 0 Å². The lowest BCUT2D eigenvalue weighted by atomic mass is 9.53. The highest BCUT2D eigenvalue weighted by molar-refractivity contribution is 9.10. The van der Waals surface area contributed by atoms with Gasteiger partial charge in [-0.3, -0.25) is 0 Å². The van der Waals surface area contributed by atoms with Gasteiger partial charge in [0.05, 0.1) is 7.11 Å². The molecule has 3 nitrogen and oxygen atoms in total. The van der Waals surface area contributed by atoms with Gasteiger partial charge in [0.1, 0.15) is 6.61 Å². The van der Waals surface area contributed by atoms with Crippen molar-refractivity contribution in [3.8, 4) is 11.5 Å². The highest BCUT2D eigenvalue weighted by Gasteiger charge is 2.50. The van der Waals surface area contributed by atoms with E-state index in [4.69, 9.17) is 9.47 Å². The molecule has 1 N–H and O–H groups in total. The van der Waals surface area contributed by atoms with Crippen molar-refractivity contribution in [1.29, 1.82) is 0 Å². The molecule has 4 saturated carbocycles. The Kier molecular flexibility index (Phi) is 5.34. The smallest absolute Gasteiger partial charge is 0.162 e. The molecule has 6 rings (SSSR count). The molecule has 0 radical (unpaired) electrons. The van der Waals surface area contributed by atoms with Gasteiger partial charge in [0.15, 0.2) is 11.5 Å². The van der Waals surface area contributed by atoms with Gasteiger partial charge in [-0.05, 0) is 79.5 Å². The molecule has 4 aliphatic rings. The number of rotatable bonds is 7. The van der Waals surface area contributed by atoms with E-state index in [9.17, 15) is 0 Å². The van der Waals surface area contributed by atoms with Gasteiger partial charge in [-0.25, -0.2) is 0 Å². The molecule has 154 valence electrons. The molecular formula is C25H30BrNO2. The second-order valence-corrected chi connectivity index (χ2v) is 10.3. The number of ether oxygens (including phenoxy) is 2. The molecule has 0 aromatic heterocycles. The second kappa shape index (κ2) is 7.96. The summed E-state index contributed by atoms with van der Waals surface area (Å²) in [5, 5.41) is 3.99. The Morgan fingerprint density at radius 3 is 2.24 bits per heavy atom. The summed E-state index contributed by atoms with van der Waals surface area (Å²) in [4.78, 5) is 0. The van der Waals surface area contributed by atoms with Crippen molar-refractivity contribution >= 4 is 15.9 Å². The molecule has 0 spiro atoms. The Balaban J connectivity index is 1.28. The van der Waals surface area contributed by atoms with Crippen LogP contribution < -0.4 is 14.8 Å². The van der Waals surface area contributed by atoms with Gasteiger partial charge < -0.3 is 14.8 Å². The van der Waals surface area contributed by atoms with Gasteiger partial charge in [0.2, 0.25) is 0 Å². The first-order valence-electron chi connectivity index (χ1n) is 10.9. The summed E-state index contributed by atoms with van der Waals surface area (Å²) < 4.78 is 12.8. The minimum absolute atomic E-state index is 0.365. The lowest BCUT2D eigenvalue weighted by molar-refractivity contribution is -0.0206. The van der Waals surface area contributed by atoms with Crippen LogP contribution in [0.25, 0.3) is 0 Å². The van der Waals surface area contributed by atoms with Crippen molar-refractivity contribution in [2.24, 2.45) is 17.8 Å². The SMILES string of the molecule is COc1cc(CNC23CC4CC(CC(C4)C2)C3)c(Br)cc1OCc1ccccc1. The Morgan fingerprint density at radius 1 is 0.966 bits per heavy atom. The van der Waals surface area contributed by atoms with Crippen LogP contribution in [-0.2, 0) is 13.2 Å².